The molecule has 2 rings (SSSR count). The molecule has 0 fully saturated rings. The van der Waals surface area contributed by atoms with Crippen molar-refractivity contribution < 1.29 is 4.79 Å². The van der Waals surface area contributed by atoms with E-state index >= 15 is 0 Å². The molecule has 0 bridgehead atoms. The van der Waals surface area contributed by atoms with Crippen molar-refractivity contribution in [3.8, 4) is 0 Å². The van der Waals surface area contributed by atoms with Gasteiger partial charge in [0.2, 0.25) is 5.91 Å². The Morgan fingerprint density at radius 3 is 2.73 bits per heavy atom. The average molecular weight is 411 g/mol. The van der Waals surface area contributed by atoms with E-state index in [2.05, 4.69) is 73.7 Å². The van der Waals surface area contributed by atoms with E-state index in [0.29, 0.717) is 0 Å². The van der Waals surface area contributed by atoms with Crippen LogP contribution in [0, 0.1) is 14.9 Å². The van der Waals surface area contributed by atoms with E-state index in [4.69, 9.17) is 5.73 Å². The van der Waals surface area contributed by atoms with Crippen LogP contribution in [0.15, 0.2) is 36.4 Å². The summed E-state index contributed by atoms with van der Waals surface area (Å²) in [6.07, 6.45) is 8.51. The summed E-state index contributed by atoms with van der Waals surface area (Å²) >= 11 is 2.30. The second kappa shape index (κ2) is 6.73. The third kappa shape index (κ3) is 3.10. The van der Waals surface area contributed by atoms with Gasteiger partial charge in [0, 0.05) is 3.57 Å². The minimum atomic E-state index is -0.682. The average Bonchev–Trinajstić information content (AvgIpc) is 2.44. The van der Waals surface area contributed by atoms with Crippen LogP contribution in [-0.4, -0.2) is 5.91 Å². The molecule has 1 aromatic rings. The van der Waals surface area contributed by atoms with Crippen molar-refractivity contribution in [2.75, 3.05) is 0 Å². The lowest BCUT2D eigenvalue weighted by Gasteiger charge is -2.48. The third-order valence-electron chi connectivity index (χ3n) is 5.07. The molecule has 0 aromatic heterocycles. The van der Waals surface area contributed by atoms with Gasteiger partial charge in [-0.25, -0.2) is 0 Å². The lowest BCUT2D eigenvalue weighted by atomic mass is 9.54. The van der Waals surface area contributed by atoms with Crippen LogP contribution >= 0.6 is 22.6 Å². The first-order valence-corrected chi connectivity index (χ1v) is 9.16. The molecule has 1 aliphatic carbocycles. The fourth-order valence-electron chi connectivity index (χ4n) is 3.89. The standard InChI is InChI=1S/C19H26INO/c1-4-5-10-16-18(2,3)11-7-12-19(16,17(21)22)14-8-6-9-15(20)13-14/h6-9,12-13,16H,4-5,10-11H2,1-3H3,(H2,21,22). The fraction of sp³-hybridized carbons (Fsp3) is 0.526. The molecular weight excluding hydrogens is 385 g/mol. The first-order chi connectivity index (χ1) is 10.3. The lowest BCUT2D eigenvalue weighted by Crippen LogP contribution is -2.52. The van der Waals surface area contributed by atoms with Gasteiger partial charge >= 0.3 is 0 Å². The molecule has 0 heterocycles. The first kappa shape index (κ1) is 17.5. The highest BCUT2D eigenvalue weighted by Crippen LogP contribution is 2.51. The van der Waals surface area contributed by atoms with Gasteiger partial charge < -0.3 is 5.73 Å². The van der Waals surface area contributed by atoms with Gasteiger partial charge in [-0.3, -0.25) is 4.79 Å². The van der Waals surface area contributed by atoms with Crippen LogP contribution < -0.4 is 5.73 Å². The zero-order chi connectivity index (χ0) is 16.4. The minimum Gasteiger partial charge on any atom is -0.369 e. The Kier molecular flexibility index (Phi) is 5.36. The summed E-state index contributed by atoms with van der Waals surface area (Å²) < 4.78 is 1.14. The molecular formula is C19H26INO. The van der Waals surface area contributed by atoms with E-state index in [0.717, 1.165) is 34.8 Å². The lowest BCUT2D eigenvalue weighted by molar-refractivity contribution is -0.126. The quantitative estimate of drug-likeness (QED) is 0.549. The van der Waals surface area contributed by atoms with Crippen LogP contribution in [0.1, 0.15) is 52.0 Å². The van der Waals surface area contributed by atoms with Crippen molar-refractivity contribution in [1.29, 1.82) is 0 Å². The van der Waals surface area contributed by atoms with Crippen molar-refractivity contribution in [3.63, 3.8) is 0 Å². The smallest absolute Gasteiger partial charge is 0.232 e. The Labute approximate surface area is 147 Å². The van der Waals surface area contributed by atoms with E-state index in [-0.39, 0.29) is 17.2 Å². The number of unbranched alkanes of at least 4 members (excludes halogenated alkanes) is 1. The van der Waals surface area contributed by atoms with Crippen molar-refractivity contribution in [1.82, 2.24) is 0 Å². The Bertz CT molecular complexity index is 579. The van der Waals surface area contributed by atoms with E-state index in [9.17, 15) is 4.79 Å². The zero-order valence-electron chi connectivity index (χ0n) is 13.7. The summed E-state index contributed by atoms with van der Waals surface area (Å²) in [4.78, 5) is 12.6. The van der Waals surface area contributed by atoms with Crippen molar-refractivity contribution in [2.45, 2.75) is 51.9 Å². The SMILES string of the molecule is CCCCC1C(C)(C)CC=CC1(C(N)=O)c1cccc(I)c1. The number of allylic oxidation sites excluding steroid dienone is 1. The second-order valence-electron chi connectivity index (χ2n) is 7.03. The molecule has 2 nitrogen and oxygen atoms in total. The zero-order valence-corrected chi connectivity index (χ0v) is 15.9. The molecule has 0 spiro atoms. The number of amides is 1. The maximum atomic E-state index is 12.6. The number of rotatable bonds is 5. The highest BCUT2D eigenvalue weighted by atomic mass is 127. The van der Waals surface area contributed by atoms with Gasteiger partial charge in [-0.1, -0.05) is 57.9 Å². The Morgan fingerprint density at radius 1 is 1.41 bits per heavy atom. The molecule has 1 aromatic carbocycles. The van der Waals surface area contributed by atoms with E-state index in [1.165, 1.54) is 0 Å². The molecule has 22 heavy (non-hydrogen) atoms. The predicted octanol–water partition coefficient (Wildman–Crippen LogP) is 4.81. The predicted molar refractivity (Wildman–Crippen MR) is 101 cm³/mol. The maximum absolute atomic E-state index is 12.6. The van der Waals surface area contributed by atoms with Gasteiger partial charge in [0.15, 0.2) is 0 Å². The van der Waals surface area contributed by atoms with Gasteiger partial charge in [-0.05, 0) is 64.5 Å². The number of hydrogen-bond donors (Lipinski definition) is 1. The first-order valence-electron chi connectivity index (χ1n) is 8.08. The molecule has 0 aliphatic heterocycles. The molecule has 2 N–H and O–H groups in total. The van der Waals surface area contributed by atoms with Crippen LogP contribution in [0.5, 0.6) is 0 Å². The monoisotopic (exact) mass is 411 g/mol. The van der Waals surface area contributed by atoms with Gasteiger partial charge in [-0.2, -0.15) is 0 Å². The molecule has 2 unspecified atom stereocenters. The Balaban J connectivity index is 2.61. The molecule has 2 atom stereocenters. The number of carbonyl (C=O) groups excluding carboxylic acids is 1. The number of nitrogens with two attached hydrogens (primary N) is 1. The van der Waals surface area contributed by atoms with Crippen LogP contribution in [-0.2, 0) is 10.2 Å². The molecule has 120 valence electrons. The van der Waals surface area contributed by atoms with Crippen LogP contribution in [0.25, 0.3) is 0 Å². The second-order valence-corrected chi connectivity index (χ2v) is 8.28. The molecule has 0 saturated carbocycles. The summed E-state index contributed by atoms with van der Waals surface area (Å²) in [6, 6.07) is 8.24. The number of hydrogen-bond acceptors (Lipinski definition) is 1. The van der Waals surface area contributed by atoms with E-state index in [1.807, 2.05) is 6.07 Å². The molecule has 0 radical (unpaired) electrons. The maximum Gasteiger partial charge on any atom is 0.232 e. The number of halogens is 1. The number of primary amides is 1. The van der Waals surface area contributed by atoms with Gasteiger partial charge in [-0.15, -0.1) is 0 Å². The van der Waals surface area contributed by atoms with E-state index < -0.39 is 5.41 Å². The fourth-order valence-corrected chi connectivity index (χ4v) is 4.43. The minimum absolute atomic E-state index is 0.0697. The number of benzene rings is 1. The molecule has 1 aliphatic rings. The van der Waals surface area contributed by atoms with Gasteiger partial charge in [0.1, 0.15) is 0 Å². The highest BCUT2D eigenvalue weighted by Gasteiger charge is 2.51. The van der Waals surface area contributed by atoms with E-state index in [1.54, 1.807) is 0 Å². The topological polar surface area (TPSA) is 43.1 Å². The summed E-state index contributed by atoms with van der Waals surface area (Å²) in [5.74, 6) is 0.0141. The van der Waals surface area contributed by atoms with Crippen LogP contribution in [0.3, 0.4) is 0 Å². The van der Waals surface area contributed by atoms with Gasteiger partial charge in [0.05, 0.1) is 5.41 Å². The van der Waals surface area contributed by atoms with Crippen LogP contribution in [0.4, 0.5) is 0 Å². The van der Waals surface area contributed by atoms with Crippen molar-refractivity contribution in [3.05, 3.63) is 45.6 Å². The molecule has 0 saturated heterocycles. The molecule has 3 heteroatoms. The third-order valence-corrected chi connectivity index (χ3v) is 5.75. The molecule has 1 amide bonds. The van der Waals surface area contributed by atoms with Gasteiger partial charge in [0.25, 0.3) is 0 Å². The summed E-state index contributed by atoms with van der Waals surface area (Å²) in [5, 5.41) is 0. The Hall–Kier alpha value is -0.840. The summed E-state index contributed by atoms with van der Waals surface area (Å²) in [7, 11) is 0. The number of carbonyl (C=O) groups is 1. The largest absolute Gasteiger partial charge is 0.369 e. The van der Waals surface area contributed by atoms with Crippen molar-refractivity contribution >= 4 is 28.5 Å². The summed E-state index contributed by atoms with van der Waals surface area (Å²) in [5.41, 5.74) is 6.40. The van der Waals surface area contributed by atoms with Crippen LogP contribution in [0.2, 0.25) is 0 Å². The normalized spacial score (nSPS) is 26.8. The summed E-state index contributed by atoms with van der Waals surface area (Å²) in [6.45, 7) is 6.73. The Morgan fingerprint density at radius 2 is 2.14 bits per heavy atom. The van der Waals surface area contributed by atoms with Crippen molar-refractivity contribution in [2.24, 2.45) is 17.1 Å². The highest BCUT2D eigenvalue weighted by molar-refractivity contribution is 14.1.